The quantitative estimate of drug-likeness (QED) is 0.860. The van der Waals surface area contributed by atoms with Crippen molar-refractivity contribution in [2.75, 3.05) is 11.4 Å². The monoisotopic (exact) mass is 285 g/mol. The Morgan fingerprint density at radius 1 is 1.05 bits per heavy atom. The van der Waals surface area contributed by atoms with E-state index in [0.29, 0.717) is 17.7 Å². The number of fused-ring (bicyclic) bond motifs is 2. The molecule has 21 heavy (non-hydrogen) atoms. The van der Waals surface area contributed by atoms with Crippen LogP contribution in [0.15, 0.2) is 24.3 Å². The fourth-order valence-corrected chi connectivity index (χ4v) is 4.50. The first-order chi connectivity index (χ1) is 10.3. The Hall–Kier alpha value is -1.35. The van der Waals surface area contributed by atoms with Gasteiger partial charge in [0.25, 0.3) is 0 Å². The van der Waals surface area contributed by atoms with E-state index < -0.39 is 6.10 Å². The highest BCUT2D eigenvalue weighted by molar-refractivity contribution is 5.98. The van der Waals surface area contributed by atoms with Gasteiger partial charge in [0.15, 0.2) is 0 Å². The molecule has 1 aromatic carbocycles. The summed E-state index contributed by atoms with van der Waals surface area (Å²) >= 11 is 0. The smallest absolute Gasteiger partial charge is 0.230 e. The summed E-state index contributed by atoms with van der Waals surface area (Å²) in [4.78, 5) is 15.0. The maximum atomic E-state index is 13.0. The third-order valence-electron chi connectivity index (χ3n) is 5.65. The lowest BCUT2D eigenvalue weighted by molar-refractivity contribution is -0.120. The summed E-state index contributed by atoms with van der Waals surface area (Å²) in [5.74, 6) is 1.86. The molecule has 1 aliphatic heterocycles. The van der Waals surface area contributed by atoms with Crippen molar-refractivity contribution in [2.24, 2.45) is 17.8 Å². The molecular weight excluding hydrogens is 262 g/mol. The number of hydrogen-bond donors (Lipinski definition) is 1. The van der Waals surface area contributed by atoms with Crippen LogP contribution in [-0.4, -0.2) is 17.6 Å². The van der Waals surface area contributed by atoms with E-state index in [0.717, 1.165) is 30.6 Å². The van der Waals surface area contributed by atoms with Crippen LogP contribution in [0.3, 0.4) is 0 Å². The number of carbonyl (C=O) groups excluding carboxylic acids is 1. The number of aliphatic hydroxyl groups is 1. The van der Waals surface area contributed by atoms with E-state index >= 15 is 0 Å². The molecule has 0 radical (unpaired) electrons. The van der Waals surface area contributed by atoms with Crippen LogP contribution in [0.2, 0.25) is 0 Å². The van der Waals surface area contributed by atoms with E-state index in [1.807, 2.05) is 29.2 Å². The molecule has 112 valence electrons. The van der Waals surface area contributed by atoms with Gasteiger partial charge in [0, 0.05) is 23.7 Å². The minimum absolute atomic E-state index is 0.260. The number of amides is 1. The maximum Gasteiger partial charge on any atom is 0.230 e. The normalized spacial score (nSPS) is 34.6. The van der Waals surface area contributed by atoms with Crippen LogP contribution in [0, 0.1) is 17.8 Å². The zero-order valence-corrected chi connectivity index (χ0v) is 12.4. The fraction of sp³-hybridized carbons (Fsp3) is 0.611. The van der Waals surface area contributed by atoms with Crippen LogP contribution < -0.4 is 4.90 Å². The third kappa shape index (κ3) is 2.18. The number of nitrogens with zero attached hydrogens (tertiary/aromatic N) is 1. The molecule has 0 bridgehead atoms. The Morgan fingerprint density at radius 3 is 2.52 bits per heavy atom. The molecule has 1 amide bonds. The Morgan fingerprint density at radius 2 is 1.76 bits per heavy atom. The molecule has 3 nitrogen and oxygen atoms in total. The van der Waals surface area contributed by atoms with Gasteiger partial charge in [-0.25, -0.2) is 0 Å². The van der Waals surface area contributed by atoms with Gasteiger partial charge in [0.2, 0.25) is 5.91 Å². The zero-order chi connectivity index (χ0) is 14.4. The first-order valence-electron chi connectivity index (χ1n) is 8.36. The number of hydrogen-bond acceptors (Lipinski definition) is 2. The highest BCUT2D eigenvalue weighted by Gasteiger charge is 2.56. The van der Waals surface area contributed by atoms with Crippen LogP contribution in [0.1, 0.15) is 50.2 Å². The van der Waals surface area contributed by atoms with Crippen LogP contribution in [-0.2, 0) is 4.79 Å². The molecular formula is C18H23NO2. The molecule has 4 rings (SSSR count). The molecule has 3 unspecified atom stereocenters. The second-order valence-electron chi connectivity index (χ2n) is 6.84. The topological polar surface area (TPSA) is 40.5 Å². The zero-order valence-electron chi connectivity index (χ0n) is 12.4. The summed E-state index contributed by atoms with van der Waals surface area (Å²) in [5, 5.41) is 10.3. The first-order valence-corrected chi connectivity index (χ1v) is 8.36. The molecule has 2 saturated carbocycles. The average molecular weight is 285 g/mol. The standard InChI is InChI=1S/C18H23NO2/c20-16-10-5-11-19(15-9-4-3-8-14(15)16)18(21)17-12-6-1-2-7-13(12)17/h3-4,8-9,12-13,16-17,20H,1-2,5-7,10-11H2. The van der Waals surface area contributed by atoms with E-state index in [4.69, 9.17) is 0 Å². The lowest BCUT2D eigenvalue weighted by Gasteiger charge is -2.23. The van der Waals surface area contributed by atoms with Gasteiger partial charge in [0.1, 0.15) is 0 Å². The van der Waals surface area contributed by atoms with E-state index in [1.54, 1.807) is 0 Å². The Balaban J connectivity index is 1.62. The van der Waals surface area contributed by atoms with Crippen molar-refractivity contribution < 1.29 is 9.90 Å². The summed E-state index contributed by atoms with van der Waals surface area (Å²) < 4.78 is 0. The molecule has 2 fully saturated rings. The van der Waals surface area contributed by atoms with Crippen LogP contribution in [0.4, 0.5) is 5.69 Å². The number of aliphatic hydroxyl groups excluding tert-OH is 1. The molecule has 1 aromatic rings. The number of para-hydroxylation sites is 1. The van der Waals surface area contributed by atoms with Crippen LogP contribution >= 0.6 is 0 Å². The predicted molar refractivity (Wildman–Crippen MR) is 81.9 cm³/mol. The number of rotatable bonds is 1. The van der Waals surface area contributed by atoms with Crippen molar-refractivity contribution in [1.29, 1.82) is 0 Å². The van der Waals surface area contributed by atoms with Crippen molar-refractivity contribution in [3.8, 4) is 0 Å². The van der Waals surface area contributed by atoms with Gasteiger partial charge in [-0.15, -0.1) is 0 Å². The molecule has 3 heteroatoms. The molecule has 0 spiro atoms. The number of carbonyl (C=O) groups is 1. The van der Waals surface area contributed by atoms with Gasteiger partial charge in [-0.2, -0.15) is 0 Å². The Kier molecular flexibility index (Phi) is 3.26. The SMILES string of the molecule is O=C(C1C2CCCCC21)N1CCCC(O)c2ccccc21. The summed E-state index contributed by atoms with van der Waals surface area (Å²) in [6, 6.07) is 7.88. The molecule has 0 saturated heterocycles. The van der Waals surface area contributed by atoms with Crippen molar-refractivity contribution in [1.82, 2.24) is 0 Å². The lowest BCUT2D eigenvalue weighted by Crippen LogP contribution is -2.33. The lowest BCUT2D eigenvalue weighted by atomic mass is 10.0. The summed E-state index contributed by atoms with van der Waals surface area (Å²) in [5.41, 5.74) is 1.86. The van der Waals surface area contributed by atoms with Crippen LogP contribution in [0.25, 0.3) is 0 Å². The van der Waals surface area contributed by atoms with Crippen molar-refractivity contribution in [2.45, 2.75) is 44.6 Å². The fourth-order valence-electron chi connectivity index (χ4n) is 4.50. The maximum absolute atomic E-state index is 13.0. The Labute approximate surface area is 126 Å². The van der Waals surface area contributed by atoms with Gasteiger partial charge in [-0.1, -0.05) is 31.0 Å². The molecule has 2 aliphatic carbocycles. The highest BCUT2D eigenvalue weighted by atomic mass is 16.3. The minimum atomic E-state index is -0.430. The second kappa shape index (κ2) is 5.13. The van der Waals surface area contributed by atoms with Gasteiger partial charge >= 0.3 is 0 Å². The predicted octanol–water partition coefficient (Wildman–Crippen LogP) is 3.28. The van der Waals surface area contributed by atoms with E-state index in [2.05, 4.69) is 0 Å². The summed E-state index contributed by atoms with van der Waals surface area (Å²) in [6.07, 6.45) is 6.25. The first kappa shape index (κ1) is 13.3. The molecule has 0 aromatic heterocycles. The van der Waals surface area contributed by atoms with E-state index in [1.165, 1.54) is 25.7 Å². The van der Waals surface area contributed by atoms with Gasteiger partial charge < -0.3 is 10.0 Å². The summed E-state index contributed by atoms with van der Waals surface area (Å²) in [7, 11) is 0. The molecule has 1 heterocycles. The average Bonchev–Trinajstić information content (AvgIpc) is 3.27. The number of anilines is 1. The van der Waals surface area contributed by atoms with Crippen molar-refractivity contribution >= 4 is 11.6 Å². The second-order valence-corrected chi connectivity index (χ2v) is 6.84. The van der Waals surface area contributed by atoms with Gasteiger partial charge in [0.05, 0.1) is 6.10 Å². The van der Waals surface area contributed by atoms with Crippen molar-refractivity contribution in [3.63, 3.8) is 0 Å². The minimum Gasteiger partial charge on any atom is -0.388 e. The summed E-state index contributed by atoms with van der Waals surface area (Å²) in [6.45, 7) is 0.753. The van der Waals surface area contributed by atoms with Gasteiger partial charge in [-0.05, 0) is 43.6 Å². The molecule has 3 atom stereocenters. The van der Waals surface area contributed by atoms with Crippen molar-refractivity contribution in [3.05, 3.63) is 29.8 Å². The Bertz CT molecular complexity index is 544. The highest BCUT2D eigenvalue weighted by Crippen LogP contribution is 2.56. The molecule has 3 aliphatic rings. The molecule has 1 N–H and O–H groups in total. The van der Waals surface area contributed by atoms with Gasteiger partial charge in [-0.3, -0.25) is 4.79 Å². The third-order valence-corrected chi connectivity index (χ3v) is 5.65. The largest absolute Gasteiger partial charge is 0.388 e. The number of benzene rings is 1. The van der Waals surface area contributed by atoms with E-state index in [9.17, 15) is 9.90 Å². The van der Waals surface area contributed by atoms with E-state index in [-0.39, 0.29) is 5.92 Å². The van der Waals surface area contributed by atoms with Crippen LogP contribution in [0.5, 0.6) is 0 Å².